The van der Waals surface area contributed by atoms with Crippen LogP contribution in [-0.2, 0) is 17.8 Å². The molecule has 0 bridgehead atoms. The average molecular weight is 280 g/mol. The van der Waals surface area contributed by atoms with Crippen molar-refractivity contribution in [3.8, 4) is 0 Å². The number of nitrogen functional groups attached to an aromatic ring is 1. The smallest absolute Gasteiger partial charge is 0.330 e. The Labute approximate surface area is 114 Å². The summed E-state index contributed by atoms with van der Waals surface area (Å²) in [6.45, 7) is 0.946. The maximum absolute atomic E-state index is 11.8. The molecule has 0 unspecified atom stereocenters. The zero-order chi connectivity index (χ0) is 14.5. The van der Waals surface area contributed by atoms with E-state index in [1.165, 1.54) is 17.9 Å². The van der Waals surface area contributed by atoms with Gasteiger partial charge in [0.1, 0.15) is 11.5 Å². The van der Waals surface area contributed by atoms with Crippen LogP contribution in [-0.4, -0.2) is 23.3 Å². The molecule has 2 rings (SSSR count). The molecule has 8 heteroatoms. The summed E-state index contributed by atoms with van der Waals surface area (Å²) in [5.41, 5.74) is 5.77. The van der Waals surface area contributed by atoms with Gasteiger partial charge in [-0.05, 0) is 6.07 Å². The Balaban J connectivity index is 2.27. The predicted molar refractivity (Wildman–Crippen MR) is 73.6 cm³/mol. The van der Waals surface area contributed by atoms with Crippen molar-refractivity contribution in [1.29, 1.82) is 0 Å². The molecule has 0 aliphatic carbocycles. The van der Waals surface area contributed by atoms with E-state index in [-0.39, 0.29) is 18.1 Å². The van der Waals surface area contributed by atoms with Crippen molar-refractivity contribution in [2.75, 3.05) is 24.8 Å². The van der Waals surface area contributed by atoms with Gasteiger partial charge in [-0.15, -0.1) is 0 Å². The summed E-state index contributed by atoms with van der Waals surface area (Å²) in [7, 11) is 1.52. The minimum absolute atomic E-state index is 0.0827. The summed E-state index contributed by atoms with van der Waals surface area (Å²) in [4.78, 5) is 25.7. The number of rotatable bonds is 6. The molecular weight excluding hydrogens is 264 g/mol. The molecule has 0 saturated heterocycles. The number of hydrogen-bond donors (Lipinski definition) is 3. The van der Waals surface area contributed by atoms with Gasteiger partial charge in [-0.1, -0.05) is 0 Å². The second kappa shape index (κ2) is 6.11. The number of aromatic nitrogens is 2. The fraction of sp³-hybridized carbons (Fsp3) is 0.333. The molecule has 0 aliphatic rings. The van der Waals surface area contributed by atoms with Crippen LogP contribution in [0.4, 0.5) is 11.5 Å². The zero-order valence-corrected chi connectivity index (χ0v) is 11.0. The quantitative estimate of drug-likeness (QED) is 0.684. The first-order valence-electron chi connectivity index (χ1n) is 6.00. The van der Waals surface area contributed by atoms with Crippen molar-refractivity contribution in [3.05, 3.63) is 45.0 Å². The lowest BCUT2D eigenvalue weighted by molar-refractivity contribution is 0.186. The Kier molecular flexibility index (Phi) is 4.26. The van der Waals surface area contributed by atoms with Crippen LogP contribution in [0, 0.1) is 0 Å². The highest BCUT2D eigenvalue weighted by atomic mass is 16.5. The highest BCUT2D eigenvalue weighted by Gasteiger charge is 2.11. The molecule has 2 heterocycles. The van der Waals surface area contributed by atoms with Gasteiger partial charge in [-0.25, -0.2) is 4.79 Å². The lowest BCUT2D eigenvalue weighted by Gasteiger charge is -2.13. The van der Waals surface area contributed by atoms with Crippen LogP contribution in [0.15, 0.2) is 32.6 Å². The molecule has 108 valence electrons. The number of nitrogens with two attached hydrogens (primary N) is 1. The van der Waals surface area contributed by atoms with E-state index in [1.807, 2.05) is 0 Å². The average Bonchev–Trinajstić information content (AvgIpc) is 2.91. The summed E-state index contributed by atoms with van der Waals surface area (Å²) in [5.74, 6) is 0.0827. The zero-order valence-electron chi connectivity index (χ0n) is 11.0. The lowest BCUT2D eigenvalue weighted by atomic mass is 10.3. The predicted octanol–water partition coefficient (Wildman–Crippen LogP) is -0.0297. The van der Waals surface area contributed by atoms with Crippen LogP contribution >= 0.6 is 0 Å². The molecule has 0 radical (unpaired) electrons. The van der Waals surface area contributed by atoms with Crippen molar-refractivity contribution < 1.29 is 9.15 Å². The molecular formula is C12H16N4O4. The van der Waals surface area contributed by atoms with E-state index in [0.29, 0.717) is 13.2 Å². The fourth-order valence-electron chi connectivity index (χ4n) is 1.75. The van der Waals surface area contributed by atoms with Crippen LogP contribution in [0.1, 0.15) is 5.56 Å². The van der Waals surface area contributed by atoms with Gasteiger partial charge in [0.2, 0.25) is 0 Å². The minimum Gasteiger partial charge on any atom is -0.472 e. The van der Waals surface area contributed by atoms with Gasteiger partial charge in [0.25, 0.3) is 5.56 Å². The first kappa shape index (κ1) is 13.9. The van der Waals surface area contributed by atoms with E-state index in [4.69, 9.17) is 14.9 Å². The third-order valence-electron chi connectivity index (χ3n) is 2.81. The van der Waals surface area contributed by atoms with Crippen LogP contribution in [0.2, 0.25) is 0 Å². The van der Waals surface area contributed by atoms with Crippen LogP contribution in [0.25, 0.3) is 0 Å². The maximum Gasteiger partial charge on any atom is 0.330 e. The van der Waals surface area contributed by atoms with Crippen molar-refractivity contribution in [2.45, 2.75) is 13.1 Å². The van der Waals surface area contributed by atoms with Crippen molar-refractivity contribution in [3.63, 3.8) is 0 Å². The van der Waals surface area contributed by atoms with Gasteiger partial charge in [0, 0.05) is 19.2 Å². The number of nitrogens with one attached hydrogen (secondary N) is 2. The van der Waals surface area contributed by atoms with E-state index in [1.54, 1.807) is 12.3 Å². The van der Waals surface area contributed by atoms with Crippen LogP contribution in [0.3, 0.4) is 0 Å². The van der Waals surface area contributed by atoms with E-state index < -0.39 is 11.2 Å². The van der Waals surface area contributed by atoms with Gasteiger partial charge in [0.05, 0.1) is 25.7 Å². The van der Waals surface area contributed by atoms with Crippen molar-refractivity contribution >= 4 is 11.5 Å². The molecule has 8 nitrogen and oxygen atoms in total. The summed E-state index contributed by atoms with van der Waals surface area (Å²) >= 11 is 0. The van der Waals surface area contributed by atoms with E-state index in [9.17, 15) is 9.59 Å². The Hall–Kier alpha value is -2.48. The van der Waals surface area contributed by atoms with E-state index in [0.717, 1.165) is 5.56 Å². The number of ether oxygens (including phenoxy) is 1. The molecule has 0 saturated carbocycles. The standard InChI is InChI=1S/C12H16N4O4/c1-19-5-3-16-10(13)9(11(17)15-12(16)18)14-6-8-2-4-20-7-8/h2,4,7,14H,3,5-6,13H2,1H3,(H,15,17,18). The number of H-pyrrole nitrogens is 1. The van der Waals surface area contributed by atoms with Crippen LogP contribution in [0.5, 0.6) is 0 Å². The molecule has 0 amide bonds. The van der Waals surface area contributed by atoms with Crippen molar-refractivity contribution in [1.82, 2.24) is 9.55 Å². The Morgan fingerprint density at radius 2 is 2.30 bits per heavy atom. The summed E-state index contributed by atoms with van der Waals surface area (Å²) in [6, 6.07) is 1.76. The molecule has 0 atom stereocenters. The molecule has 4 N–H and O–H groups in total. The topological polar surface area (TPSA) is 115 Å². The first-order valence-corrected chi connectivity index (χ1v) is 6.00. The van der Waals surface area contributed by atoms with Gasteiger partial charge in [-0.2, -0.15) is 0 Å². The highest BCUT2D eigenvalue weighted by molar-refractivity contribution is 5.60. The Morgan fingerprint density at radius 1 is 1.50 bits per heavy atom. The summed E-state index contributed by atoms with van der Waals surface area (Å²) < 4.78 is 11.1. The number of anilines is 2. The number of hydrogen-bond acceptors (Lipinski definition) is 6. The van der Waals surface area contributed by atoms with Gasteiger partial charge in [-0.3, -0.25) is 14.3 Å². The van der Waals surface area contributed by atoms with Gasteiger partial charge >= 0.3 is 5.69 Å². The fourth-order valence-corrected chi connectivity index (χ4v) is 1.75. The molecule has 20 heavy (non-hydrogen) atoms. The number of furan rings is 1. The number of nitrogens with zero attached hydrogens (tertiary/aromatic N) is 1. The second-order valence-electron chi connectivity index (χ2n) is 4.15. The highest BCUT2D eigenvalue weighted by Crippen LogP contribution is 2.12. The normalized spacial score (nSPS) is 10.7. The SMILES string of the molecule is COCCn1c(N)c(NCc2ccoc2)c(=O)[nH]c1=O. The lowest BCUT2D eigenvalue weighted by Crippen LogP contribution is -2.34. The van der Waals surface area contributed by atoms with Crippen LogP contribution < -0.4 is 22.3 Å². The first-order chi connectivity index (χ1) is 9.63. The monoisotopic (exact) mass is 280 g/mol. The number of aromatic amines is 1. The van der Waals surface area contributed by atoms with Gasteiger partial charge in [0.15, 0.2) is 0 Å². The molecule has 0 fully saturated rings. The summed E-state index contributed by atoms with van der Waals surface area (Å²) in [5, 5.41) is 2.90. The second-order valence-corrected chi connectivity index (χ2v) is 4.15. The molecule has 0 spiro atoms. The van der Waals surface area contributed by atoms with Crippen molar-refractivity contribution in [2.24, 2.45) is 0 Å². The third kappa shape index (κ3) is 2.91. The maximum atomic E-state index is 11.8. The van der Waals surface area contributed by atoms with Gasteiger partial charge < -0.3 is 20.2 Å². The molecule has 0 aliphatic heterocycles. The van der Waals surface area contributed by atoms with E-state index >= 15 is 0 Å². The summed E-state index contributed by atoms with van der Waals surface area (Å²) in [6.07, 6.45) is 3.09. The Bertz CT molecular complexity index is 672. The number of methoxy groups -OCH3 is 1. The van der Waals surface area contributed by atoms with E-state index in [2.05, 4.69) is 10.3 Å². The third-order valence-corrected chi connectivity index (χ3v) is 2.81. The molecule has 0 aromatic carbocycles. The molecule has 2 aromatic heterocycles. The minimum atomic E-state index is -0.557. The largest absolute Gasteiger partial charge is 0.472 e. The Morgan fingerprint density at radius 3 is 2.95 bits per heavy atom. The molecule has 2 aromatic rings.